The number of benzene rings is 1. The summed E-state index contributed by atoms with van der Waals surface area (Å²) in [5, 5.41) is 0. The average molecular weight is 320 g/mol. The third-order valence-electron chi connectivity index (χ3n) is 4.31. The maximum absolute atomic E-state index is 14.3. The number of unbranched alkanes of at least 4 members (excludes halogenated alkanes) is 1. The number of amides is 1. The topological polar surface area (TPSA) is 40.6 Å². The highest BCUT2D eigenvalue weighted by atomic mass is 19.1. The third kappa shape index (κ3) is 4.30. The van der Waals surface area contributed by atoms with Crippen LogP contribution in [-0.4, -0.2) is 42.8 Å². The van der Waals surface area contributed by atoms with E-state index in [0.29, 0.717) is 50.3 Å². The number of carbonyl (C=O) groups excluding carboxylic acids is 2. The lowest BCUT2D eigenvalue weighted by Gasteiger charge is -2.36. The van der Waals surface area contributed by atoms with Crippen molar-refractivity contribution in [2.45, 2.75) is 39.5 Å². The molecular weight excluding hydrogens is 295 g/mol. The summed E-state index contributed by atoms with van der Waals surface area (Å²) in [6, 6.07) is 4.68. The largest absolute Gasteiger partial charge is 0.366 e. The van der Waals surface area contributed by atoms with Crippen molar-refractivity contribution in [3.05, 3.63) is 29.6 Å². The number of nitrogens with zero attached hydrogens (tertiary/aromatic N) is 2. The van der Waals surface area contributed by atoms with Crippen molar-refractivity contribution in [2.75, 3.05) is 31.1 Å². The molecule has 1 amide bonds. The maximum Gasteiger partial charge on any atom is 0.222 e. The van der Waals surface area contributed by atoms with Crippen LogP contribution in [0.15, 0.2) is 18.2 Å². The van der Waals surface area contributed by atoms with Gasteiger partial charge in [0.05, 0.1) is 5.69 Å². The Hall–Kier alpha value is -1.91. The molecule has 0 spiro atoms. The Morgan fingerprint density at radius 3 is 2.39 bits per heavy atom. The van der Waals surface area contributed by atoms with Crippen LogP contribution in [0, 0.1) is 5.82 Å². The van der Waals surface area contributed by atoms with Crippen LogP contribution in [0.2, 0.25) is 0 Å². The Bertz CT molecular complexity index is 566. The molecule has 1 aliphatic rings. The Labute approximate surface area is 137 Å². The number of ketones is 1. The molecule has 0 saturated carbocycles. The van der Waals surface area contributed by atoms with Crippen LogP contribution in [0.1, 0.15) is 49.9 Å². The summed E-state index contributed by atoms with van der Waals surface area (Å²) >= 11 is 0. The lowest BCUT2D eigenvalue weighted by Crippen LogP contribution is -2.49. The number of halogens is 1. The number of rotatable bonds is 6. The van der Waals surface area contributed by atoms with Gasteiger partial charge in [0.1, 0.15) is 5.82 Å². The van der Waals surface area contributed by atoms with Crippen molar-refractivity contribution in [1.82, 2.24) is 4.90 Å². The summed E-state index contributed by atoms with van der Waals surface area (Å²) in [6.45, 7) is 6.32. The van der Waals surface area contributed by atoms with Gasteiger partial charge in [0, 0.05) is 44.6 Å². The zero-order valence-corrected chi connectivity index (χ0v) is 14.0. The smallest absolute Gasteiger partial charge is 0.222 e. The number of anilines is 1. The fraction of sp³-hybridized carbons (Fsp3) is 0.556. The van der Waals surface area contributed by atoms with Gasteiger partial charge in [0.15, 0.2) is 5.78 Å². The number of carbonyl (C=O) groups is 2. The standard InChI is InChI=1S/C18H25FN2O2/c1-3-5-6-18(23)21-11-9-20(10-12-21)16-8-7-14(13-15(16)19)17(22)4-2/h7-8,13H,3-6,9-12H2,1-2H3. The summed E-state index contributed by atoms with van der Waals surface area (Å²) in [6.07, 6.45) is 2.90. The summed E-state index contributed by atoms with van der Waals surface area (Å²) < 4.78 is 14.3. The minimum absolute atomic E-state index is 0.0539. The SMILES string of the molecule is CCCCC(=O)N1CCN(c2ccc(C(=O)CC)cc2F)CC1. The van der Waals surface area contributed by atoms with Gasteiger partial charge in [-0.1, -0.05) is 20.3 Å². The van der Waals surface area contributed by atoms with E-state index in [4.69, 9.17) is 0 Å². The van der Waals surface area contributed by atoms with E-state index < -0.39 is 0 Å². The predicted molar refractivity (Wildman–Crippen MR) is 89.3 cm³/mol. The molecule has 1 fully saturated rings. The zero-order valence-electron chi connectivity index (χ0n) is 14.0. The molecule has 0 bridgehead atoms. The van der Waals surface area contributed by atoms with Crippen LogP contribution in [0.5, 0.6) is 0 Å². The Morgan fingerprint density at radius 2 is 1.83 bits per heavy atom. The minimum atomic E-state index is -0.366. The van der Waals surface area contributed by atoms with E-state index in [1.165, 1.54) is 6.07 Å². The predicted octanol–water partition coefficient (Wildman–Crippen LogP) is 3.26. The Morgan fingerprint density at radius 1 is 1.13 bits per heavy atom. The maximum atomic E-state index is 14.3. The lowest BCUT2D eigenvalue weighted by molar-refractivity contribution is -0.131. The van der Waals surface area contributed by atoms with Crippen LogP contribution in [0.4, 0.5) is 10.1 Å². The van der Waals surface area contributed by atoms with Crippen LogP contribution in [0.25, 0.3) is 0 Å². The van der Waals surface area contributed by atoms with E-state index in [2.05, 4.69) is 6.92 Å². The van der Waals surface area contributed by atoms with Gasteiger partial charge in [-0.2, -0.15) is 0 Å². The zero-order chi connectivity index (χ0) is 16.8. The summed E-state index contributed by atoms with van der Waals surface area (Å²) in [4.78, 5) is 27.5. The highest BCUT2D eigenvalue weighted by Gasteiger charge is 2.22. The van der Waals surface area contributed by atoms with E-state index in [-0.39, 0.29) is 17.5 Å². The van der Waals surface area contributed by atoms with E-state index in [1.807, 2.05) is 9.80 Å². The fourth-order valence-electron chi connectivity index (χ4n) is 2.82. The summed E-state index contributed by atoms with van der Waals surface area (Å²) in [5.41, 5.74) is 0.931. The van der Waals surface area contributed by atoms with Crippen molar-refractivity contribution in [3.63, 3.8) is 0 Å². The summed E-state index contributed by atoms with van der Waals surface area (Å²) in [5.74, 6) is -0.229. The first-order valence-electron chi connectivity index (χ1n) is 8.42. The van der Waals surface area contributed by atoms with Gasteiger partial charge in [0.25, 0.3) is 0 Å². The van der Waals surface area contributed by atoms with Gasteiger partial charge in [-0.3, -0.25) is 9.59 Å². The van der Waals surface area contributed by atoms with Crippen molar-refractivity contribution in [2.24, 2.45) is 0 Å². The van der Waals surface area contributed by atoms with Crippen molar-refractivity contribution >= 4 is 17.4 Å². The first kappa shape index (κ1) is 17.4. The van der Waals surface area contributed by atoms with Gasteiger partial charge in [-0.25, -0.2) is 4.39 Å². The molecule has 23 heavy (non-hydrogen) atoms. The molecule has 1 aromatic rings. The molecule has 0 unspecified atom stereocenters. The fourth-order valence-corrected chi connectivity index (χ4v) is 2.82. The number of hydrogen-bond acceptors (Lipinski definition) is 3. The lowest BCUT2D eigenvalue weighted by atomic mass is 10.1. The van der Waals surface area contributed by atoms with Gasteiger partial charge >= 0.3 is 0 Å². The normalized spacial score (nSPS) is 14.9. The molecule has 1 aromatic carbocycles. The quantitative estimate of drug-likeness (QED) is 0.756. The van der Waals surface area contributed by atoms with E-state index >= 15 is 0 Å². The monoisotopic (exact) mass is 320 g/mol. The molecule has 1 saturated heterocycles. The van der Waals surface area contributed by atoms with Crippen molar-refractivity contribution in [3.8, 4) is 0 Å². The second-order valence-corrected chi connectivity index (χ2v) is 5.91. The molecule has 1 aliphatic heterocycles. The molecule has 0 N–H and O–H groups in total. The first-order chi connectivity index (χ1) is 11.1. The van der Waals surface area contributed by atoms with E-state index in [9.17, 15) is 14.0 Å². The second kappa shape index (κ2) is 8.09. The second-order valence-electron chi connectivity index (χ2n) is 5.91. The minimum Gasteiger partial charge on any atom is -0.366 e. The molecule has 5 heteroatoms. The van der Waals surface area contributed by atoms with Crippen molar-refractivity contribution in [1.29, 1.82) is 0 Å². The van der Waals surface area contributed by atoms with Crippen LogP contribution < -0.4 is 4.90 Å². The Balaban J connectivity index is 1.97. The Kier molecular flexibility index (Phi) is 6.13. The average Bonchev–Trinajstić information content (AvgIpc) is 2.59. The first-order valence-corrected chi connectivity index (χ1v) is 8.42. The molecule has 2 rings (SSSR count). The highest BCUT2D eigenvalue weighted by Crippen LogP contribution is 2.23. The van der Waals surface area contributed by atoms with Crippen molar-refractivity contribution < 1.29 is 14.0 Å². The van der Waals surface area contributed by atoms with Gasteiger partial charge in [-0.05, 0) is 24.6 Å². The van der Waals surface area contributed by atoms with Crippen LogP contribution in [-0.2, 0) is 4.79 Å². The molecule has 126 valence electrons. The highest BCUT2D eigenvalue weighted by molar-refractivity contribution is 5.96. The van der Waals surface area contributed by atoms with Crippen LogP contribution >= 0.6 is 0 Å². The van der Waals surface area contributed by atoms with Gasteiger partial charge in [-0.15, -0.1) is 0 Å². The van der Waals surface area contributed by atoms with E-state index in [1.54, 1.807) is 19.1 Å². The number of Topliss-reactive ketones (excluding diaryl/α,β-unsaturated/α-hetero) is 1. The number of hydrogen-bond donors (Lipinski definition) is 0. The molecule has 1 heterocycles. The number of piperazine rings is 1. The van der Waals surface area contributed by atoms with Gasteiger partial charge < -0.3 is 9.80 Å². The third-order valence-corrected chi connectivity index (χ3v) is 4.31. The van der Waals surface area contributed by atoms with E-state index in [0.717, 1.165) is 12.8 Å². The van der Waals surface area contributed by atoms with Crippen LogP contribution in [0.3, 0.4) is 0 Å². The molecule has 0 aromatic heterocycles. The summed E-state index contributed by atoms with van der Waals surface area (Å²) in [7, 11) is 0. The molecule has 0 radical (unpaired) electrons. The molecule has 0 aliphatic carbocycles. The molecule has 0 atom stereocenters. The molecular formula is C18H25FN2O2. The molecule has 4 nitrogen and oxygen atoms in total. The van der Waals surface area contributed by atoms with Gasteiger partial charge in [0.2, 0.25) is 5.91 Å².